The third kappa shape index (κ3) is 5.37. The van der Waals surface area contributed by atoms with E-state index in [0.717, 1.165) is 16.8 Å². The van der Waals surface area contributed by atoms with Crippen LogP contribution in [0.2, 0.25) is 10.0 Å². The molecule has 41 heavy (non-hydrogen) atoms. The number of aryl methyl sites for hydroxylation is 1. The number of carbonyl (C=O) groups is 2. The molecule has 0 aromatic heterocycles. The maximum absolute atomic E-state index is 13.9. The molecule has 0 aliphatic carbocycles. The normalized spacial score (nSPS) is 16.7. The fourth-order valence-corrected chi connectivity index (χ4v) is 7.15. The van der Waals surface area contributed by atoms with Gasteiger partial charge in [0.05, 0.1) is 38.4 Å². The Morgan fingerprint density at radius 3 is 2.34 bits per heavy atom. The largest absolute Gasteiger partial charge is 0.368 e. The molecule has 0 N–H and O–H groups in total. The van der Waals surface area contributed by atoms with Crippen molar-refractivity contribution in [3.05, 3.63) is 117 Å². The zero-order chi connectivity index (χ0) is 28.7. The number of hydrogen-bond acceptors (Lipinski definition) is 4. The first-order valence-electron chi connectivity index (χ1n) is 13.3. The van der Waals surface area contributed by atoms with E-state index in [1.54, 1.807) is 59.5 Å². The highest BCUT2D eigenvalue weighted by Crippen LogP contribution is 2.36. The SMILES string of the molecule is Cc1ccc(Cl)cc1N1CCN(C(=O)c2ccc3c(c2)N(Cc2cccc(Cl)c2)C(=O)c2ccccc2[S@@]3=O)CC1. The van der Waals surface area contributed by atoms with Crippen molar-refractivity contribution in [1.29, 1.82) is 0 Å². The average Bonchev–Trinajstić information content (AvgIpc) is 3.07. The van der Waals surface area contributed by atoms with Crippen molar-refractivity contribution in [1.82, 2.24) is 4.90 Å². The predicted octanol–water partition coefficient (Wildman–Crippen LogP) is 6.59. The molecule has 4 aromatic carbocycles. The molecule has 1 atom stereocenters. The lowest BCUT2D eigenvalue weighted by Gasteiger charge is -2.37. The fraction of sp³-hybridized carbons (Fsp3) is 0.188. The van der Waals surface area contributed by atoms with Gasteiger partial charge in [0, 0.05) is 47.5 Å². The topological polar surface area (TPSA) is 60.9 Å². The molecular formula is C32H27Cl2N3O3S. The molecule has 0 spiro atoms. The van der Waals surface area contributed by atoms with Gasteiger partial charge in [0.25, 0.3) is 11.8 Å². The van der Waals surface area contributed by atoms with E-state index in [4.69, 9.17) is 23.2 Å². The average molecular weight is 605 g/mol. The highest BCUT2D eigenvalue weighted by atomic mass is 35.5. The summed E-state index contributed by atoms with van der Waals surface area (Å²) in [7, 11) is -1.60. The van der Waals surface area contributed by atoms with Gasteiger partial charge in [-0.3, -0.25) is 9.59 Å². The summed E-state index contributed by atoms with van der Waals surface area (Å²) in [6, 6.07) is 25.2. The number of carbonyl (C=O) groups excluding carboxylic acids is 2. The van der Waals surface area contributed by atoms with E-state index in [9.17, 15) is 13.8 Å². The first-order valence-corrected chi connectivity index (χ1v) is 15.2. The van der Waals surface area contributed by atoms with Gasteiger partial charge >= 0.3 is 0 Å². The summed E-state index contributed by atoms with van der Waals surface area (Å²) < 4.78 is 13.7. The van der Waals surface area contributed by atoms with Gasteiger partial charge in [-0.2, -0.15) is 0 Å². The third-order valence-corrected chi connectivity index (χ3v) is 9.54. The number of amides is 2. The van der Waals surface area contributed by atoms with Crippen molar-refractivity contribution in [2.45, 2.75) is 23.3 Å². The number of nitrogens with zero attached hydrogens (tertiary/aromatic N) is 3. The lowest BCUT2D eigenvalue weighted by Crippen LogP contribution is -2.49. The molecule has 2 heterocycles. The molecule has 6 nitrogen and oxygen atoms in total. The Bertz CT molecular complexity index is 1700. The highest BCUT2D eigenvalue weighted by molar-refractivity contribution is 7.85. The van der Waals surface area contributed by atoms with Gasteiger partial charge in [0.15, 0.2) is 0 Å². The number of piperazine rings is 1. The van der Waals surface area contributed by atoms with Crippen molar-refractivity contribution in [2.75, 3.05) is 36.0 Å². The van der Waals surface area contributed by atoms with Crippen LogP contribution in [0.25, 0.3) is 0 Å². The highest BCUT2D eigenvalue weighted by Gasteiger charge is 2.32. The molecule has 1 saturated heterocycles. The molecule has 4 aromatic rings. The minimum atomic E-state index is -1.60. The van der Waals surface area contributed by atoms with Crippen molar-refractivity contribution < 1.29 is 13.8 Å². The standard InChI is InChI=1S/C32H27Cl2N3O3S/c1-21-9-11-25(34)19-27(21)35-13-15-36(16-14-35)31(38)23-10-12-30-28(18-23)37(20-22-5-4-6-24(33)17-22)32(39)26-7-2-3-8-29(26)41(30)40/h2-12,17-19H,13-16,20H2,1H3/t41-/m0/s1. The first kappa shape index (κ1) is 27.5. The lowest BCUT2D eigenvalue weighted by atomic mass is 10.1. The maximum Gasteiger partial charge on any atom is 0.259 e. The van der Waals surface area contributed by atoms with Crippen LogP contribution in [0.1, 0.15) is 31.8 Å². The van der Waals surface area contributed by atoms with Crippen LogP contribution in [0.4, 0.5) is 11.4 Å². The fourth-order valence-electron chi connectivity index (χ4n) is 5.43. The Morgan fingerprint density at radius 1 is 0.805 bits per heavy atom. The lowest BCUT2D eigenvalue weighted by molar-refractivity contribution is 0.0746. The number of fused-ring (bicyclic) bond motifs is 2. The van der Waals surface area contributed by atoms with Crippen LogP contribution >= 0.6 is 23.2 Å². The number of benzene rings is 4. The molecule has 9 heteroatoms. The van der Waals surface area contributed by atoms with Crippen molar-refractivity contribution in [2.24, 2.45) is 0 Å². The van der Waals surface area contributed by atoms with E-state index < -0.39 is 10.8 Å². The van der Waals surface area contributed by atoms with Gasteiger partial charge in [-0.1, -0.05) is 53.5 Å². The van der Waals surface area contributed by atoms with Crippen molar-refractivity contribution >= 4 is 57.2 Å². The van der Waals surface area contributed by atoms with Crippen LogP contribution in [0.5, 0.6) is 0 Å². The van der Waals surface area contributed by atoms with Crippen LogP contribution < -0.4 is 9.80 Å². The molecule has 2 amide bonds. The van der Waals surface area contributed by atoms with Crippen molar-refractivity contribution in [3.8, 4) is 0 Å². The quantitative estimate of drug-likeness (QED) is 0.264. The van der Waals surface area contributed by atoms with Crippen LogP contribution in [0.15, 0.2) is 94.7 Å². The second-order valence-electron chi connectivity index (χ2n) is 10.2. The number of hydrogen-bond donors (Lipinski definition) is 0. The zero-order valence-electron chi connectivity index (χ0n) is 22.3. The summed E-state index contributed by atoms with van der Waals surface area (Å²) in [4.78, 5) is 34.2. The molecule has 208 valence electrons. The summed E-state index contributed by atoms with van der Waals surface area (Å²) in [5.41, 5.74) is 4.33. The van der Waals surface area contributed by atoms with Gasteiger partial charge in [-0.15, -0.1) is 0 Å². The van der Waals surface area contributed by atoms with Gasteiger partial charge in [-0.25, -0.2) is 4.21 Å². The van der Waals surface area contributed by atoms with Gasteiger partial charge in [-0.05, 0) is 72.6 Å². The Hall–Kier alpha value is -3.65. The molecule has 2 aliphatic heterocycles. The van der Waals surface area contributed by atoms with Crippen LogP contribution in [0, 0.1) is 6.92 Å². The van der Waals surface area contributed by atoms with E-state index in [2.05, 4.69) is 11.8 Å². The summed E-state index contributed by atoms with van der Waals surface area (Å²) in [6.07, 6.45) is 0. The minimum Gasteiger partial charge on any atom is -0.368 e. The maximum atomic E-state index is 13.9. The number of rotatable bonds is 4. The Morgan fingerprint density at radius 2 is 1.56 bits per heavy atom. The number of anilines is 2. The van der Waals surface area contributed by atoms with E-state index >= 15 is 0 Å². The molecule has 1 fully saturated rings. The smallest absolute Gasteiger partial charge is 0.259 e. The molecule has 0 saturated carbocycles. The second-order valence-corrected chi connectivity index (χ2v) is 12.5. The van der Waals surface area contributed by atoms with E-state index in [1.807, 2.05) is 35.2 Å². The first-order chi connectivity index (χ1) is 19.8. The monoisotopic (exact) mass is 603 g/mol. The summed E-state index contributed by atoms with van der Waals surface area (Å²) >= 11 is 12.5. The van der Waals surface area contributed by atoms with Gasteiger partial charge in [0.1, 0.15) is 0 Å². The molecule has 0 bridgehead atoms. The Balaban J connectivity index is 1.32. The summed E-state index contributed by atoms with van der Waals surface area (Å²) in [5.74, 6) is -0.402. The van der Waals surface area contributed by atoms with Crippen molar-refractivity contribution in [3.63, 3.8) is 0 Å². The molecular weight excluding hydrogens is 577 g/mol. The molecule has 0 unspecified atom stereocenters. The summed E-state index contributed by atoms with van der Waals surface area (Å²) in [5, 5.41) is 1.25. The Kier molecular flexibility index (Phi) is 7.60. The van der Waals surface area contributed by atoms with E-state index in [0.29, 0.717) is 62.8 Å². The Labute approximate surface area is 251 Å². The van der Waals surface area contributed by atoms with Crippen LogP contribution in [-0.2, 0) is 17.3 Å². The van der Waals surface area contributed by atoms with E-state index in [-0.39, 0.29) is 18.4 Å². The number of halogens is 2. The summed E-state index contributed by atoms with van der Waals surface area (Å²) in [6.45, 7) is 4.71. The molecule has 2 aliphatic rings. The van der Waals surface area contributed by atoms with Gasteiger partial charge < -0.3 is 14.7 Å². The zero-order valence-corrected chi connectivity index (χ0v) is 24.7. The van der Waals surface area contributed by atoms with Crippen LogP contribution in [-0.4, -0.2) is 47.1 Å². The second kappa shape index (κ2) is 11.3. The van der Waals surface area contributed by atoms with Crippen LogP contribution in [0.3, 0.4) is 0 Å². The third-order valence-electron chi connectivity index (χ3n) is 7.57. The molecule has 6 rings (SSSR count). The van der Waals surface area contributed by atoms with E-state index in [1.165, 1.54) is 0 Å². The predicted molar refractivity (Wildman–Crippen MR) is 164 cm³/mol. The molecule has 0 radical (unpaired) electrons. The van der Waals surface area contributed by atoms with Gasteiger partial charge in [0.2, 0.25) is 0 Å². The minimum absolute atomic E-state index is 0.127.